The second-order valence-electron chi connectivity index (χ2n) is 6.60. The molecule has 1 fully saturated rings. The van der Waals surface area contributed by atoms with Gasteiger partial charge in [0.15, 0.2) is 12.4 Å². The van der Waals surface area contributed by atoms with Gasteiger partial charge in [-0.05, 0) is 12.8 Å². The molecule has 0 aromatic carbocycles. The summed E-state index contributed by atoms with van der Waals surface area (Å²) in [6.45, 7) is -0.561. The molecule has 0 spiro atoms. The van der Waals surface area contributed by atoms with Crippen molar-refractivity contribution in [3.05, 3.63) is 32.6 Å². The summed E-state index contributed by atoms with van der Waals surface area (Å²) in [5, 5.41) is 29.8. The van der Waals surface area contributed by atoms with Crippen LogP contribution in [0.2, 0.25) is 0 Å². The van der Waals surface area contributed by atoms with Crippen molar-refractivity contribution in [3.8, 4) is 0 Å². The third-order valence-electron chi connectivity index (χ3n) is 4.44. The van der Waals surface area contributed by atoms with E-state index in [1.54, 1.807) is 0 Å². The Balaban J connectivity index is 2.01. The third kappa shape index (κ3) is 5.47. The molecular weight excluding hydrogens is 395 g/mol. The van der Waals surface area contributed by atoms with Crippen LogP contribution in [0.3, 0.4) is 0 Å². The Bertz CT molecular complexity index is 856. The molecular formula is C16H23FN4O8. The van der Waals surface area contributed by atoms with E-state index in [4.69, 9.17) is 20.7 Å². The predicted molar refractivity (Wildman–Crippen MR) is 94.8 cm³/mol. The summed E-state index contributed by atoms with van der Waals surface area (Å²) >= 11 is 0. The van der Waals surface area contributed by atoms with Gasteiger partial charge < -0.3 is 31.1 Å². The monoisotopic (exact) mass is 418 g/mol. The first-order valence-corrected chi connectivity index (χ1v) is 8.83. The van der Waals surface area contributed by atoms with Gasteiger partial charge in [-0.1, -0.05) is 0 Å². The molecule has 1 aromatic rings. The minimum atomic E-state index is -1.99. The largest absolute Gasteiger partial charge is 0.481 e. The smallest absolute Gasteiger partial charge is 0.330 e. The van der Waals surface area contributed by atoms with Crippen molar-refractivity contribution in [1.29, 1.82) is 0 Å². The van der Waals surface area contributed by atoms with Crippen LogP contribution in [0.15, 0.2) is 15.8 Å². The van der Waals surface area contributed by atoms with Gasteiger partial charge in [-0.25, -0.2) is 9.18 Å². The Labute approximate surface area is 163 Å². The molecule has 1 saturated heterocycles. The van der Waals surface area contributed by atoms with Gasteiger partial charge in [0.1, 0.15) is 12.2 Å². The number of aromatic nitrogens is 2. The van der Waals surface area contributed by atoms with Crippen LogP contribution in [0.5, 0.6) is 0 Å². The number of carbonyl (C=O) groups is 2. The zero-order valence-corrected chi connectivity index (χ0v) is 15.3. The zero-order valence-electron chi connectivity index (χ0n) is 15.3. The molecule has 0 radical (unpaired) electrons. The Hall–Kier alpha value is -2.61. The van der Waals surface area contributed by atoms with Crippen LogP contribution in [0, 0.1) is 0 Å². The van der Waals surface area contributed by atoms with Crippen molar-refractivity contribution >= 4 is 11.9 Å². The molecule has 1 aromatic heterocycles. The maximum Gasteiger partial charge on any atom is 0.330 e. The molecule has 1 aliphatic rings. The maximum absolute atomic E-state index is 14.2. The van der Waals surface area contributed by atoms with Crippen LogP contribution in [-0.2, 0) is 20.7 Å². The van der Waals surface area contributed by atoms with Gasteiger partial charge in [-0.3, -0.25) is 23.9 Å². The lowest BCUT2D eigenvalue weighted by molar-refractivity contribution is -0.139. The van der Waals surface area contributed by atoms with Crippen LogP contribution >= 0.6 is 0 Å². The average Bonchev–Trinajstić information content (AvgIpc) is 2.94. The number of halogens is 1. The molecule has 2 heterocycles. The van der Waals surface area contributed by atoms with Crippen molar-refractivity contribution in [2.24, 2.45) is 5.73 Å². The number of nitrogens with two attached hydrogens (primary N) is 1. The van der Waals surface area contributed by atoms with Gasteiger partial charge in [-0.15, -0.1) is 0 Å². The number of nitrogens with zero attached hydrogens (tertiary/aromatic N) is 1. The number of carbonyl (C=O) groups excluding carboxylic acids is 1. The fourth-order valence-corrected chi connectivity index (χ4v) is 2.87. The standard InChI is InChI=1S/C16H23FN4O8/c17-11-12(25)9(6-22)29-15(11)21-5-7(13(26)20-16(21)28)2-1-3-19-14(27)8(18)4-10(23)24/h5,8-9,11-12,15,22,25H,1-4,6,18H2,(H,19,27)(H,23,24)(H,20,26,28)/t8?,9-,11?,12+,15-/m1/s1. The lowest BCUT2D eigenvalue weighted by Crippen LogP contribution is -2.42. The van der Waals surface area contributed by atoms with Gasteiger partial charge >= 0.3 is 11.7 Å². The van der Waals surface area contributed by atoms with Gasteiger partial charge in [0.2, 0.25) is 5.91 Å². The van der Waals surface area contributed by atoms with Gasteiger partial charge in [0, 0.05) is 18.3 Å². The molecule has 0 aliphatic carbocycles. The van der Waals surface area contributed by atoms with Crippen molar-refractivity contribution in [2.75, 3.05) is 13.2 Å². The van der Waals surface area contributed by atoms with E-state index in [1.165, 1.54) is 0 Å². The van der Waals surface area contributed by atoms with Gasteiger partial charge in [0.05, 0.1) is 19.1 Å². The van der Waals surface area contributed by atoms with Crippen LogP contribution in [0.4, 0.5) is 4.39 Å². The summed E-state index contributed by atoms with van der Waals surface area (Å²) < 4.78 is 20.2. The Kier molecular flexibility index (Phi) is 7.61. The lowest BCUT2D eigenvalue weighted by atomic mass is 10.1. The number of aromatic amines is 1. The highest BCUT2D eigenvalue weighted by molar-refractivity contribution is 5.85. The summed E-state index contributed by atoms with van der Waals surface area (Å²) in [7, 11) is 0. The topological polar surface area (TPSA) is 197 Å². The second-order valence-corrected chi connectivity index (χ2v) is 6.60. The second kappa shape index (κ2) is 9.73. The summed E-state index contributed by atoms with van der Waals surface area (Å²) in [5.41, 5.74) is 3.88. The zero-order chi connectivity index (χ0) is 21.7. The summed E-state index contributed by atoms with van der Waals surface area (Å²) in [4.78, 5) is 48.2. The molecule has 5 atom stereocenters. The number of aryl methyl sites for hydroxylation is 1. The molecule has 13 heteroatoms. The minimum absolute atomic E-state index is 0.0850. The number of H-pyrrole nitrogens is 1. The van der Waals surface area contributed by atoms with Gasteiger partial charge in [-0.2, -0.15) is 0 Å². The maximum atomic E-state index is 14.2. The van der Waals surface area contributed by atoms with E-state index in [0.717, 1.165) is 10.8 Å². The highest BCUT2D eigenvalue weighted by Gasteiger charge is 2.45. The van der Waals surface area contributed by atoms with Crippen LogP contribution in [-0.4, -0.2) is 74.3 Å². The number of aliphatic hydroxyl groups excluding tert-OH is 2. The quantitative estimate of drug-likeness (QED) is 0.226. The molecule has 7 N–H and O–H groups in total. The number of ether oxygens (including phenoxy) is 1. The Morgan fingerprint density at radius 1 is 1.41 bits per heavy atom. The van der Waals surface area contributed by atoms with E-state index in [0.29, 0.717) is 0 Å². The van der Waals surface area contributed by atoms with E-state index >= 15 is 0 Å². The van der Waals surface area contributed by atoms with Crippen LogP contribution in [0.1, 0.15) is 24.6 Å². The molecule has 2 unspecified atom stereocenters. The summed E-state index contributed by atoms with van der Waals surface area (Å²) in [5.74, 6) is -1.87. The fraction of sp³-hybridized carbons (Fsp3) is 0.625. The first-order valence-electron chi connectivity index (χ1n) is 8.83. The SMILES string of the molecule is NC(CC(=O)O)C(=O)NCCCc1cn([C@@H]2O[C@H](CO)[C@H](O)C2F)c(=O)[nH]c1=O. The average molecular weight is 418 g/mol. The Morgan fingerprint density at radius 2 is 2.10 bits per heavy atom. The van der Waals surface area contributed by atoms with E-state index in [9.17, 15) is 28.7 Å². The molecule has 1 amide bonds. The van der Waals surface area contributed by atoms with Crippen LogP contribution < -0.4 is 22.3 Å². The lowest BCUT2D eigenvalue weighted by Gasteiger charge is -2.17. The molecule has 1 aliphatic heterocycles. The van der Waals surface area contributed by atoms with Crippen LogP contribution in [0.25, 0.3) is 0 Å². The number of aliphatic hydroxyl groups is 2. The summed E-state index contributed by atoms with van der Waals surface area (Å²) in [6.07, 6.45) is -5.41. The number of alkyl halides is 1. The molecule has 29 heavy (non-hydrogen) atoms. The number of carboxylic acid groups (broad SMARTS) is 1. The fourth-order valence-electron chi connectivity index (χ4n) is 2.87. The number of carboxylic acids is 1. The van der Waals surface area contributed by atoms with Gasteiger partial charge in [0.25, 0.3) is 5.56 Å². The van der Waals surface area contributed by atoms with E-state index in [-0.39, 0.29) is 24.9 Å². The molecule has 0 saturated carbocycles. The number of aliphatic carboxylic acids is 1. The molecule has 162 valence electrons. The summed E-state index contributed by atoms with van der Waals surface area (Å²) in [6, 6.07) is -1.20. The molecule has 2 rings (SSSR count). The number of hydrogen-bond donors (Lipinski definition) is 6. The van der Waals surface area contributed by atoms with Crippen molar-refractivity contribution < 1.29 is 34.0 Å². The minimum Gasteiger partial charge on any atom is -0.481 e. The van der Waals surface area contributed by atoms with E-state index in [2.05, 4.69) is 5.32 Å². The van der Waals surface area contributed by atoms with Crippen molar-refractivity contribution in [1.82, 2.24) is 14.9 Å². The first-order chi connectivity index (χ1) is 13.6. The number of rotatable bonds is 9. The third-order valence-corrected chi connectivity index (χ3v) is 4.44. The number of hydrogen-bond acceptors (Lipinski definition) is 8. The van der Waals surface area contributed by atoms with E-state index in [1.807, 2.05) is 4.98 Å². The normalized spacial score (nSPS) is 25.0. The predicted octanol–water partition coefficient (Wildman–Crippen LogP) is -3.02. The number of nitrogens with one attached hydrogen (secondary N) is 2. The first kappa shape index (κ1) is 22.7. The highest BCUT2D eigenvalue weighted by Crippen LogP contribution is 2.30. The van der Waals surface area contributed by atoms with E-state index < -0.39 is 66.8 Å². The highest BCUT2D eigenvalue weighted by atomic mass is 19.1. The van der Waals surface area contributed by atoms with Crippen molar-refractivity contribution in [3.63, 3.8) is 0 Å². The molecule has 0 bridgehead atoms. The van der Waals surface area contributed by atoms with Crippen molar-refractivity contribution in [2.45, 2.75) is 49.9 Å². The Morgan fingerprint density at radius 3 is 2.69 bits per heavy atom. The number of amides is 1. The molecule has 12 nitrogen and oxygen atoms in total.